The van der Waals surface area contributed by atoms with Crippen LogP contribution in [0.4, 0.5) is 0 Å². The Morgan fingerprint density at radius 2 is 2.25 bits per heavy atom. The summed E-state index contributed by atoms with van der Waals surface area (Å²) in [5.74, 6) is 0. The van der Waals surface area contributed by atoms with Crippen molar-refractivity contribution in [3.63, 3.8) is 0 Å². The van der Waals surface area contributed by atoms with Crippen molar-refractivity contribution >= 4 is 0 Å². The second-order valence-electron chi connectivity index (χ2n) is 1.79. The Hall–Kier alpha value is -0.0800. The van der Waals surface area contributed by atoms with Crippen LogP contribution in [0, 0.1) is 0 Å². The van der Waals surface area contributed by atoms with Crippen molar-refractivity contribution in [3.8, 4) is 0 Å². The largest absolute Gasteiger partial charge is 0.350 e. The van der Waals surface area contributed by atoms with Crippen molar-refractivity contribution in [3.05, 3.63) is 0 Å². The molecule has 0 heterocycles. The van der Waals surface area contributed by atoms with Gasteiger partial charge in [-0.15, -0.1) is 0 Å². The van der Waals surface area contributed by atoms with Gasteiger partial charge in [0.05, 0.1) is 0 Å². The quantitative estimate of drug-likeness (QED) is 0.406. The summed E-state index contributed by atoms with van der Waals surface area (Å²) in [6.45, 7) is 4.19. The molecule has 8 heavy (non-hydrogen) atoms. The van der Waals surface area contributed by atoms with E-state index in [0.717, 1.165) is 12.8 Å². The van der Waals surface area contributed by atoms with E-state index in [1.165, 1.54) is 6.92 Å². The van der Waals surface area contributed by atoms with Crippen molar-refractivity contribution in [2.45, 2.75) is 33.0 Å². The van der Waals surface area contributed by atoms with Crippen molar-refractivity contribution in [1.29, 1.82) is 0 Å². The third-order valence-corrected chi connectivity index (χ3v) is 0.850. The number of ether oxygens (including phenoxy) is 1. The molecule has 0 spiro atoms. The third kappa shape index (κ3) is 5.92. The summed E-state index contributed by atoms with van der Waals surface area (Å²) in [6.07, 6.45) is 1.24. The van der Waals surface area contributed by atoms with Crippen LogP contribution in [0.5, 0.6) is 0 Å². The minimum atomic E-state index is -0.846. The fourth-order valence-corrected chi connectivity index (χ4v) is 0.394. The SMILES string of the molecule is CCCCO[C@@H](C)[O]. The average Bonchev–Trinajstić information content (AvgIpc) is 1.66. The van der Waals surface area contributed by atoms with Gasteiger partial charge in [-0.2, -0.15) is 0 Å². The molecule has 0 saturated carbocycles. The monoisotopic (exact) mass is 117 g/mol. The van der Waals surface area contributed by atoms with Crippen LogP contribution in [0.1, 0.15) is 26.7 Å². The van der Waals surface area contributed by atoms with Gasteiger partial charge in [-0.25, -0.2) is 5.11 Å². The van der Waals surface area contributed by atoms with Gasteiger partial charge in [-0.3, -0.25) is 0 Å². The zero-order valence-corrected chi connectivity index (χ0v) is 5.52. The van der Waals surface area contributed by atoms with E-state index in [4.69, 9.17) is 4.74 Å². The summed E-state index contributed by atoms with van der Waals surface area (Å²) >= 11 is 0. The first kappa shape index (κ1) is 7.92. The lowest BCUT2D eigenvalue weighted by Crippen LogP contribution is -2.04. The Kier molecular flexibility index (Phi) is 5.01. The molecule has 1 atom stereocenters. The Bertz CT molecular complexity index is 43.8. The number of hydrogen-bond acceptors (Lipinski definition) is 1. The van der Waals surface area contributed by atoms with Gasteiger partial charge in [0.2, 0.25) is 0 Å². The van der Waals surface area contributed by atoms with E-state index in [1.807, 2.05) is 0 Å². The van der Waals surface area contributed by atoms with Crippen LogP contribution < -0.4 is 0 Å². The highest BCUT2D eigenvalue weighted by Gasteiger charge is 1.92. The van der Waals surface area contributed by atoms with E-state index >= 15 is 0 Å². The first-order chi connectivity index (χ1) is 3.77. The van der Waals surface area contributed by atoms with Gasteiger partial charge >= 0.3 is 0 Å². The summed E-state index contributed by atoms with van der Waals surface area (Å²) < 4.78 is 4.73. The van der Waals surface area contributed by atoms with Gasteiger partial charge in [0.15, 0.2) is 6.29 Å². The fourth-order valence-electron chi connectivity index (χ4n) is 0.394. The molecular formula is C6H13O2. The molecule has 0 aliphatic heterocycles. The molecule has 0 bridgehead atoms. The highest BCUT2D eigenvalue weighted by atomic mass is 16.6. The Morgan fingerprint density at radius 1 is 1.62 bits per heavy atom. The molecule has 0 fully saturated rings. The van der Waals surface area contributed by atoms with E-state index in [0.29, 0.717) is 6.61 Å². The lowest BCUT2D eigenvalue weighted by molar-refractivity contribution is -0.126. The standard InChI is InChI=1S/C6H13O2/c1-3-4-5-8-6(2)7/h6H,3-5H2,1-2H3/t6-/m0/s1. The summed E-state index contributed by atoms with van der Waals surface area (Å²) in [7, 11) is 0. The van der Waals surface area contributed by atoms with Crippen LogP contribution in [0.25, 0.3) is 0 Å². The highest BCUT2D eigenvalue weighted by molar-refractivity contribution is 4.30. The van der Waals surface area contributed by atoms with Crippen molar-refractivity contribution in [2.24, 2.45) is 0 Å². The highest BCUT2D eigenvalue weighted by Crippen LogP contribution is 1.90. The van der Waals surface area contributed by atoms with Crippen molar-refractivity contribution in [2.75, 3.05) is 6.61 Å². The van der Waals surface area contributed by atoms with Crippen molar-refractivity contribution in [1.82, 2.24) is 0 Å². The first-order valence-corrected chi connectivity index (χ1v) is 3.04. The molecule has 0 aromatic rings. The lowest BCUT2D eigenvalue weighted by Gasteiger charge is -2.01. The van der Waals surface area contributed by atoms with E-state index in [2.05, 4.69) is 6.92 Å². The second-order valence-corrected chi connectivity index (χ2v) is 1.79. The fraction of sp³-hybridized carbons (Fsp3) is 1.00. The van der Waals surface area contributed by atoms with Crippen LogP contribution in [-0.2, 0) is 9.84 Å². The molecule has 0 amide bonds. The van der Waals surface area contributed by atoms with Gasteiger partial charge < -0.3 is 4.74 Å². The molecule has 0 aliphatic carbocycles. The topological polar surface area (TPSA) is 29.1 Å². The van der Waals surface area contributed by atoms with Crippen molar-refractivity contribution < 1.29 is 9.84 Å². The molecular weight excluding hydrogens is 104 g/mol. The van der Waals surface area contributed by atoms with Crippen LogP contribution in [-0.4, -0.2) is 12.9 Å². The molecule has 49 valence electrons. The molecule has 1 radical (unpaired) electrons. The smallest absolute Gasteiger partial charge is 0.188 e. The van der Waals surface area contributed by atoms with E-state index < -0.39 is 6.29 Å². The zero-order valence-electron chi connectivity index (χ0n) is 5.52. The van der Waals surface area contributed by atoms with Gasteiger partial charge in [-0.05, 0) is 13.3 Å². The van der Waals surface area contributed by atoms with Crippen LogP contribution in [0.15, 0.2) is 0 Å². The molecule has 0 aromatic heterocycles. The maximum atomic E-state index is 10.2. The number of hydrogen-bond donors (Lipinski definition) is 0. The predicted octanol–water partition coefficient (Wildman–Crippen LogP) is 1.58. The minimum Gasteiger partial charge on any atom is -0.350 e. The molecule has 0 N–H and O–H groups in total. The first-order valence-electron chi connectivity index (χ1n) is 3.04. The summed E-state index contributed by atoms with van der Waals surface area (Å²) in [6, 6.07) is 0. The number of rotatable bonds is 4. The zero-order chi connectivity index (χ0) is 6.41. The van der Waals surface area contributed by atoms with E-state index in [-0.39, 0.29) is 0 Å². The Labute approximate surface area is 50.5 Å². The van der Waals surface area contributed by atoms with Crippen LogP contribution in [0.3, 0.4) is 0 Å². The molecule has 0 unspecified atom stereocenters. The predicted molar refractivity (Wildman–Crippen MR) is 31.0 cm³/mol. The summed E-state index contributed by atoms with van der Waals surface area (Å²) in [4.78, 5) is 0. The molecule has 2 heteroatoms. The maximum absolute atomic E-state index is 10.2. The molecule has 0 saturated heterocycles. The van der Waals surface area contributed by atoms with Gasteiger partial charge in [0, 0.05) is 6.61 Å². The second kappa shape index (κ2) is 5.06. The molecule has 0 rings (SSSR count). The van der Waals surface area contributed by atoms with Gasteiger partial charge in [0.1, 0.15) is 0 Å². The number of unbranched alkanes of at least 4 members (excludes halogenated alkanes) is 1. The van der Waals surface area contributed by atoms with Gasteiger partial charge in [0.25, 0.3) is 0 Å². The van der Waals surface area contributed by atoms with Crippen LogP contribution in [0.2, 0.25) is 0 Å². The minimum absolute atomic E-state index is 0.612. The van der Waals surface area contributed by atoms with Crippen LogP contribution >= 0.6 is 0 Å². The Balaban J connectivity index is 2.72. The lowest BCUT2D eigenvalue weighted by atomic mass is 10.4. The molecule has 2 nitrogen and oxygen atoms in total. The normalized spacial score (nSPS) is 13.9. The third-order valence-electron chi connectivity index (χ3n) is 0.850. The molecule has 0 aliphatic rings. The molecule has 0 aromatic carbocycles. The summed E-state index contributed by atoms with van der Waals surface area (Å²) in [5, 5.41) is 10.2. The van der Waals surface area contributed by atoms with E-state index in [9.17, 15) is 5.11 Å². The Morgan fingerprint density at radius 3 is 2.62 bits per heavy atom. The van der Waals surface area contributed by atoms with Gasteiger partial charge in [-0.1, -0.05) is 13.3 Å². The summed E-state index contributed by atoms with van der Waals surface area (Å²) in [5.41, 5.74) is 0. The van der Waals surface area contributed by atoms with E-state index in [1.54, 1.807) is 0 Å². The maximum Gasteiger partial charge on any atom is 0.188 e. The average molecular weight is 117 g/mol.